The summed E-state index contributed by atoms with van der Waals surface area (Å²) in [6.07, 6.45) is 0. The molecule has 0 spiro atoms. The molecule has 1 amide bonds. The Morgan fingerprint density at radius 2 is 2.39 bits per heavy atom. The van der Waals surface area contributed by atoms with Crippen LogP contribution in [0.15, 0.2) is 12.1 Å². The van der Waals surface area contributed by atoms with Gasteiger partial charge >= 0.3 is 0 Å². The molecular formula is C13H20N2O2S. The highest BCUT2D eigenvalue weighted by Gasteiger charge is 2.27. The fourth-order valence-corrected chi connectivity index (χ4v) is 3.00. The number of hydrogen-bond acceptors (Lipinski definition) is 4. The maximum Gasteiger partial charge on any atom is 0.242 e. The fraction of sp³-hybridized carbons (Fsp3) is 0.615. The van der Waals surface area contributed by atoms with E-state index in [1.807, 2.05) is 7.05 Å². The molecule has 2 heterocycles. The largest absolute Gasteiger partial charge is 0.378 e. The minimum atomic E-state index is -0.202. The van der Waals surface area contributed by atoms with Crippen LogP contribution in [0.4, 0.5) is 0 Å². The summed E-state index contributed by atoms with van der Waals surface area (Å²) in [7, 11) is 1.86. The van der Waals surface area contributed by atoms with Gasteiger partial charge in [-0.25, -0.2) is 0 Å². The van der Waals surface area contributed by atoms with Gasteiger partial charge < -0.3 is 15.0 Å². The van der Waals surface area contributed by atoms with E-state index >= 15 is 0 Å². The van der Waals surface area contributed by atoms with Crippen molar-refractivity contribution in [1.29, 1.82) is 0 Å². The summed E-state index contributed by atoms with van der Waals surface area (Å²) in [5.74, 6) is 0.105. The number of carbonyl (C=O) groups is 1. The maximum atomic E-state index is 12.3. The van der Waals surface area contributed by atoms with Crippen LogP contribution < -0.4 is 5.32 Å². The average Bonchev–Trinajstić information content (AvgIpc) is 2.84. The number of nitrogens with zero attached hydrogens (tertiary/aromatic N) is 1. The number of hydrogen-bond donors (Lipinski definition) is 1. The highest BCUT2D eigenvalue weighted by atomic mass is 32.1. The number of nitrogens with one attached hydrogen (secondary N) is 1. The monoisotopic (exact) mass is 268 g/mol. The zero-order valence-corrected chi connectivity index (χ0v) is 11.9. The fourth-order valence-electron chi connectivity index (χ4n) is 2.03. The average molecular weight is 268 g/mol. The normalized spacial score (nSPS) is 21.6. The number of likely N-dealkylation sites (N-methyl/N-ethyl adjacent to an activating group) is 1. The van der Waals surface area contributed by atoms with Gasteiger partial charge in [-0.15, -0.1) is 11.3 Å². The number of aryl methyl sites for hydroxylation is 1. The van der Waals surface area contributed by atoms with E-state index < -0.39 is 0 Å². The van der Waals surface area contributed by atoms with E-state index in [0.717, 1.165) is 6.54 Å². The highest BCUT2D eigenvalue weighted by molar-refractivity contribution is 7.12. The second-order valence-corrected chi connectivity index (χ2v) is 5.97. The topological polar surface area (TPSA) is 41.6 Å². The van der Waals surface area contributed by atoms with Crippen LogP contribution in [0.2, 0.25) is 0 Å². The van der Waals surface area contributed by atoms with Gasteiger partial charge in [-0.2, -0.15) is 0 Å². The number of carbonyl (C=O) groups excluding carboxylic acids is 1. The van der Waals surface area contributed by atoms with Crippen molar-refractivity contribution in [3.8, 4) is 0 Å². The van der Waals surface area contributed by atoms with Crippen LogP contribution in [0, 0.1) is 6.92 Å². The molecule has 0 aromatic carbocycles. The van der Waals surface area contributed by atoms with Crippen LogP contribution in [0.3, 0.4) is 0 Å². The number of ether oxygens (including phenoxy) is 1. The minimum absolute atomic E-state index is 0.105. The van der Waals surface area contributed by atoms with Crippen molar-refractivity contribution in [3.05, 3.63) is 21.9 Å². The van der Waals surface area contributed by atoms with E-state index in [9.17, 15) is 4.79 Å². The number of rotatable bonds is 3. The third-order valence-electron chi connectivity index (χ3n) is 3.32. The van der Waals surface area contributed by atoms with Crippen molar-refractivity contribution >= 4 is 17.2 Å². The molecule has 1 fully saturated rings. The molecule has 0 bridgehead atoms. The molecule has 100 valence electrons. The lowest BCUT2D eigenvalue weighted by molar-refractivity contribution is -0.136. The first kappa shape index (κ1) is 13.5. The Bertz CT molecular complexity index is 413. The third kappa shape index (κ3) is 2.91. The van der Waals surface area contributed by atoms with Crippen molar-refractivity contribution in [2.75, 3.05) is 26.8 Å². The summed E-state index contributed by atoms with van der Waals surface area (Å²) in [5, 5.41) is 3.20. The molecule has 1 aromatic heterocycles. The van der Waals surface area contributed by atoms with E-state index in [1.54, 1.807) is 16.2 Å². The van der Waals surface area contributed by atoms with Gasteiger partial charge in [0, 0.05) is 23.3 Å². The summed E-state index contributed by atoms with van der Waals surface area (Å²) >= 11 is 1.74. The molecule has 1 N–H and O–H groups in total. The standard InChI is InChI=1S/C13H20N2O2S/c1-9-4-5-12(18-9)10(2)15(3)13(16)11-8-17-7-6-14-11/h4-5,10-11,14H,6-8H2,1-3H3. The molecule has 2 unspecified atom stereocenters. The smallest absolute Gasteiger partial charge is 0.242 e. The van der Waals surface area contributed by atoms with Gasteiger partial charge in [-0.1, -0.05) is 0 Å². The van der Waals surface area contributed by atoms with Crippen LogP contribution in [0.1, 0.15) is 22.7 Å². The summed E-state index contributed by atoms with van der Waals surface area (Å²) in [5.41, 5.74) is 0. The van der Waals surface area contributed by atoms with Gasteiger partial charge in [0.2, 0.25) is 5.91 Å². The second kappa shape index (κ2) is 5.82. The van der Waals surface area contributed by atoms with E-state index in [0.29, 0.717) is 13.2 Å². The van der Waals surface area contributed by atoms with Crippen LogP contribution in [-0.2, 0) is 9.53 Å². The van der Waals surface area contributed by atoms with Gasteiger partial charge in [0.1, 0.15) is 6.04 Å². The van der Waals surface area contributed by atoms with Gasteiger partial charge in [0.25, 0.3) is 0 Å². The first-order valence-electron chi connectivity index (χ1n) is 6.23. The number of thiophene rings is 1. The summed E-state index contributed by atoms with van der Waals surface area (Å²) in [4.78, 5) is 16.6. The van der Waals surface area contributed by atoms with Crippen molar-refractivity contribution in [2.24, 2.45) is 0 Å². The van der Waals surface area contributed by atoms with Crippen LogP contribution in [-0.4, -0.2) is 43.7 Å². The molecule has 1 aromatic rings. The summed E-state index contributed by atoms with van der Waals surface area (Å²) in [6, 6.07) is 4.10. The molecule has 1 aliphatic rings. The molecule has 0 radical (unpaired) electrons. The zero-order valence-electron chi connectivity index (χ0n) is 11.1. The van der Waals surface area contributed by atoms with Gasteiger partial charge in [0.15, 0.2) is 0 Å². The van der Waals surface area contributed by atoms with Crippen molar-refractivity contribution in [1.82, 2.24) is 10.2 Å². The van der Waals surface area contributed by atoms with Crippen molar-refractivity contribution < 1.29 is 9.53 Å². The molecule has 2 rings (SSSR count). The van der Waals surface area contributed by atoms with Gasteiger partial charge in [0.05, 0.1) is 19.3 Å². The molecule has 1 saturated heterocycles. The number of morpholine rings is 1. The molecule has 5 heteroatoms. The first-order valence-corrected chi connectivity index (χ1v) is 7.05. The second-order valence-electron chi connectivity index (χ2n) is 4.66. The molecule has 0 saturated carbocycles. The lowest BCUT2D eigenvalue weighted by atomic mass is 10.2. The Labute approximate surface area is 112 Å². The summed E-state index contributed by atoms with van der Waals surface area (Å²) in [6.45, 7) is 6.05. The predicted octanol–water partition coefficient (Wildman–Crippen LogP) is 1.56. The highest BCUT2D eigenvalue weighted by Crippen LogP contribution is 2.26. The Hall–Kier alpha value is -0.910. The molecule has 18 heavy (non-hydrogen) atoms. The third-order valence-corrected chi connectivity index (χ3v) is 4.49. The van der Waals surface area contributed by atoms with E-state index in [1.165, 1.54) is 9.75 Å². The molecular weight excluding hydrogens is 248 g/mol. The first-order chi connectivity index (χ1) is 8.59. The molecule has 0 aliphatic carbocycles. The number of amides is 1. The van der Waals surface area contributed by atoms with Gasteiger partial charge in [-0.05, 0) is 26.0 Å². The van der Waals surface area contributed by atoms with Crippen molar-refractivity contribution in [2.45, 2.75) is 25.9 Å². The SMILES string of the molecule is Cc1ccc(C(C)N(C)C(=O)C2COCCN2)s1. The quantitative estimate of drug-likeness (QED) is 0.904. The van der Waals surface area contributed by atoms with E-state index in [2.05, 4.69) is 31.3 Å². The Morgan fingerprint density at radius 3 is 2.94 bits per heavy atom. The van der Waals surface area contributed by atoms with Crippen molar-refractivity contribution in [3.63, 3.8) is 0 Å². The van der Waals surface area contributed by atoms with Crippen LogP contribution in [0.5, 0.6) is 0 Å². The molecule has 1 aliphatic heterocycles. The zero-order chi connectivity index (χ0) is 13.1. The minimum Gasteiger partial charge on any atom is -0.378 e. The Kier molecular flexibility index (Phi) is 4.37. The Balaban J connectivity index is 2.01. The maximum absolute atomic E-state index is 12.3. The van der Waals surface area contributed by atoms with Crippen LogP contribution in [0.25, 0.3) is 0 Å². The van der Waals surface area contributed by atoms with Gasteiger partial charge in [-0.3, -0.25) is 4.79 Å². The Morgan fingerprint density at radius 1 is 1.61 bits per heavy atom. The predicted molar refractivity (Wildman–Crippen MR) is 72.9 cm³/mol. The summed E-state index contributed by atoms with van der Waals surface area (Å²) < 4.78 is 5.34. The van der Waals surface area contributed by atoms with E-state index in [-0.39, 0.29) is 18.0 Å². The molecule has 4 nitrogen and oxygen atoms in total. The lowest BCUT2D eigenvalue weighted by Crippen LogP contribution is -2.52. The van der Waals surface area contributed by atoms with E-state index in [4.69, 9.17) is 4.74 Å². The molecule has 2 atom stereocenters. The van der Waals surface area contributed by atoms with Crippen LogP contribution >= 0.6 is 11.3 Å². The lowest BCUT2D eigenvalue weighted by Gasteiger charge is -2.30.